The van der Waals surface area contributed by atoms with Gasteiger partial charge in [0.25, 0.3) is 0 Å². The van der Waals surface area contributed by atoms with Crippen molar-refractivity contribution in [3.8, 4) is 0 Å². The summed E-state index contributed by atoms with van der Waals surface area (Å²) in [5.41, 5.74) is 0. The topological polar surface area (TPSA) is 9.23 Å². The highest BCUT2D eigenvalue weighted by atomic mass is 16.5. The summed E-state index contributed by atoms with van der Waals surface area (Å²) in [6.07, 6.45) is 11.9. The van der Waals surface area contributed by atoms with E-state index >= 15 is 0 Å². The molecule has 0 radical (unpaired) electrons. The minimum absolute atomic E-state index is 0.746. The highest BCUT2D eigenvalue weighted by molar-refractivity contribution is 4.90. The van der Waals surface area contributed by atoms with Crippen molar-refractivity contribution in [2.24, 2.45) is 5.92 Å². The number of rotatable bonds is 3. The summed E-state index contributed by atoms with van der Waals surface area (Å²) < 4.78 is 5.31. The first-order valence-corrected chi connectivity index (χ1v) is 4.31. The van der Waals surface area contributed by atoms with E-state index in [4.69, 9.17) is 4.74 Å². The summed E-state index contributed by atoms with van der Waals surface area (Å²) >= 11 is 0. The summed E-state index contributed by atoms with van der Waals surface area (Å²) in [5, 5.41) is 0. The molecule has 0 N–H and O–H groups in total. The monoisotopic (exact) mass is 152 g/mol. The quantitative estimate of drug-likeness (QED) is 0.446. The van der Waals surface area contributed by atoms with Crippen LogP contribution in [0, 0.1) is 5.92 Å². The van der Waals surface area contributed by atoms with Crippen molar-refractivity contribution in [3.63, 3.8) is 0 Å². The van der Waals surface area contributed by atoms with Crippen molar-refractivity contribution < 1.29 is 4.74 Å². The molecule has 1 aliphatic carbocycles. The van der Waals surface area contributed by atoms with Crippen LogP contribution in [0.2, 0.25) is 0 Å². The van der Waals surface area contributed by atoms with Gasteiger partial charge in [0.2, 0.25) is 0 Å². The van der Waals surface area contributed by atoms with Crippen molar-refractivity contribution >= 4 is 0 Å². The Morgan fingerprint density at radius 2 is 2.45 bits per heavy atom. The Bertz CT molecular complexity index is 147. The second-order valence-electron chi connectivity index (χ2n) is 2.95. The maximum Gasteiger partial charge on any atom is 0.0904 e. The zero-order valence-electron chi connectivity index (χ0n) is 7.12. The molecule has 1 rings (SSSR count). The Labute approximate surface area is 68.8 Å². The molecule has 1 heteroatoms. The van der Waals surface area contributed by atoms with Gasteiger partial charge in [-0.05, 0) is 32.1 Å². The van der Waals surface area contributed by atoms with E-state index in [9.17, 15) is 0 Å². The van der Waals surface area contributed by atoms with Crippen LogP contribution in [0.1, 0.15) is 26.2 Å². The van der Waals surface area contributed by atoms with Gasteiger partial charge in [0.05, 0.1) is 12.9 Å². The Kier molecular flexibility index (Phi) is 3.81. The van der Waals surface area contributed by atoms with Crippen molar-refractivity contribution in [2.75, 3.05) is 6.61 Å². The third-order valence-corrected chi connectivity index (χ3v) is 1.94. The van der Waals surface area contributed by atoms with Crippen LogP contribution in [0.25, 0.3) is 0 Å². The fraction of sp³-hybridized carbons (Fsp3) is 0.600. The minimum atomic E-state index is 0.746. The molecular formula is C10H16O. The lowest BCUT2D eigenvalue weighted by molar-refractivity contribution is 0.187. The van der Waals surface area contributed by atoms with Gasteiger partial charge in [-0.25, -0.2) is 0 Å². The van der Waals surface area contributed by atoms with Gasteiger partial charge in [-0.3, -0.25) is 0 Å². The third kappa shape index (κ3) is 3.26. The van der Waals surface area contributed by atoms with E-state index in [1.54, 1.807) is 6.26 Å². The van der Waals surface area contributed by atoms with Crippen molar-refractivity contribution in [2.45, 2.75) is 26.2 Å². The molecule has 0 fully saturated rings. The number of ether oxygens (including phenoxy) is 1. The van der Waals surface area contributed by atoms with Gasteiger partial charge in [-0.2, -0.15) is 0 Å². The molecule has 1 nitrogen and oxygen atoms in total. The molecule has 0 bridgehead atoms. The molecule has 62 valence electrons. The van der Waals surface area contributed by atoms with Gasteiger partial charge >= 0.3 is 0 Å². The molecule has 0 amide bonds. The molecule has 0 heterocycles. The van der Waals surface area contributed by atoms with Crippen LogP contribution >= 0.6 is 0 Å². The average molecular weight is 152 g/mol. The summed E-state index contributed by atoms with van der Waals surface area (Å²) in [6, 6.07) is 0. The normalized spacial score (nSPS) is 24.3. The van der Waals surface area contributed by atoms with Crippen LogP contribution in [0.4, 0.5) is 0 Å². The molecular weight excluding hydrogens is 136 g/mol. The van der Waals surface area contributed by atoms with E-state index in [0.717, 1.165) is 12.5 Å². The lowest BCUT2D eigenvalue weighted by atomic mass is 9.95. The predicted molar refractivity (Wildman–Crippen MR) is 47.2 cm³/mol. The maximum absolute atomic E-state index is 5.31. The summed E-state index contributed by atoms with van der Waals surface area (Å²) in [7, 11) is 0. The van der Waals surface area contributed by atoms with Gasteiger partial charge in [0.15, 0.2) is 0 Å². The zero-order valence-corrected chi connectivity index (χ0v) is 7.12. The lowest BCUT2D eigenvalue weighted by Gasteiger charge is -2.16. The van der Waals surface area contributed by atoms with Crippen LogP contribution in [-0.2, 0) is 4.74 Å². The smallest absolute Gasteiger partial charge is 0.0904 e. The highest BCUT2D eigenvalue weighted by Crippen LogP contribution is 2.17. The molecule has 0 saturated carbocycles. The van der Waals surface area contributed by atoms with Crippen molar-refractivity contribution in [1.82, 2.24) is 0 Å². The molecule has 0 spiro atoms. The second kappa shape index (κ2) is 5.00. The Hall–Kier alpha value is -0.720. The largest absolute Gasteiger partial charge is 0.501 e. The van der Waals surface area contributed by atoms with Crippen LogP contribution in [-0.4, -0.2) is 6.61 Å². The molecule has 0 aliphatic heterocycles. The first-order chi connectivity index (χ1) is 5.43. The summed E-state index contributed by atoms with van der Waals surface area (Å²) in [6.45, 7) is 2.86. The average Bonchev–Trinajstić information content (AvgIpc) is 2.07. The van der Waals surface area contributed by atoms with E-state index in [1.165, 1.54) is 19.3 Å². The van der Waals surface area contributed by atoms with E-state index in [2.05, 4.69) is 12.2 Å². The molecule has 1 atom stereocenters. The van der Waals surface area contributed by atoms with E-state index in [0.29, 0.717) is 0 Å². The van der Waals surface area contributed by atoms with E-state index < -0.39 is 0 Å². The molecule has 0 saturated heterocycles. The van der Waals surface area contributed by atoms with Gasteiger partial charge in [0, 0.05) is 0 Å². The number of allylic oxidation sites excluding steroid dienone is 3. The molecule has 1 unspecified atom stereocenters. The fourth-order valence-corrected chi connectivity index (χ4v) is 1.30. The first kappa shape index (κ1) is 8.38. The highest BCUT2D eigenvalue weighted by Gasteiger charge is 2.08. The van der Waals surface area contributed by atoms with Crippen molar-refractivity contribution in [3.05, 3.63) is 24.5 Å². The zero-order chi connectivity index (χ0) is 7.94. The van der Waals surface area contributed by atoms with Crippen molar-refractivity contribution in [1.29, 1.82) is 0 Å². The predicted octanol–water partition coefficient (Wildman–Crippen LogP) is 2.89. The number of hydrogen-bond acceptors (Lipinski definition) is 1. The summed E-state index contributed by atoms with van der Waals surface area (Å²) in [4.78, 5) is 0. The van der Waals surface area contributed by atoms with Crippen LogP contribution in [0.15, 0.2) is 24.5 Å². The Morgan fingerprint density at radius 1 is 1.55 bits per heavy atom. The second-order valence-corrected chi connectivity index (χ2v) is 2.95. The summed E-state index contributed by atoms with van der Waals surface area (Å²) in [5.74, 6) is 0.746. The van der Waals surface area contributed by atoms with Gasteiger partial charge in [-0.15, -0.1) is 0 Å². The van der Waals surface area contributed by atoms with Crippen LogP contribution < -0.4 is 0 Å². The molecule has 0 aromatic heterocycles. The first-order valence-electron chi connectivity index (χ1n) is 4.31. The van der Waals surface area contributed by atoms with Gasteiger partial charge in [0.1, 0.15) is 0 Å². The number of hydrogen-bond donors (Lipinski definition) is 0. The van der Waals surface area contributed by atoms with Gasteiger partial charge < -0.3 is 4.74 Å². The van der Waals surface area contributed by atoms with E-state index in [1.807, 2.05) is 13.0 Å². The lowest BCUT2D eigenvalue weighted by Crippen LogP contribution is -2.08. The van der Waals surface area contributed by atoms with Gasteiger partial charge in [-0.1, -0.05) is 18.2 Å². The SMILES string of the molecule is CC=COCC1CC=CCC1. The molecule has 0 aromatic rings. The maximum atomic E-state index is 5.31. The van der Waals surface area contributed by atoms with Crippen LogP contribution in [0.5, 0.6) is 0 Å². The molecule has 0 aromatic carbocycles. The minimum Gasteiger partial charge on any atom is -0.501 e. The molecule has 11 heavy (non-hydrogen) atoms. The molecule has 1 aliphatic rings. The van der Waals surface area contributed by atoms with Crippen LogP contribution in [0.3, 0.4) is 0 Å². The Balaban J connectivity index is 2.11. The fourth-order valence-electron chi connectivity index (χ4n) is 1.30. The standard InChI is InChI=1S/C10H16O/c1-2-8-11-9-10-6-4-3-5-7-10/h2-4,8,10H,5-7,9H2,1H3. The van der Waals surface area contributed by atoms with E-state index in [-0.39, 0.29) is 0 Å². The third-order valence-electron chi connectivity index (χ3n) is 1.94. The Morgan fingerprint density at radius 3 is 3.09 bits per heavy atom.